The van der Waals surface area contributed by atoms with E-state index in [0.717, 1.165) is 5.69 Å². The number of anilines is 2. The van der Waals surface area contributed by atoms with Gasteiger partial charge in [0, 0.05) is 12.2 Å². The Kier molecular flexibility index (Phi) is 4.81. The Morgan fingerprint density at radius 3 is 2.42 bits per heavy atom. The summed E-state index contributed by atoms with van der Waals surface area (Å²) in [5.74, 6) is 0.355. The van der Waals surface area contributed by atoms with Crippen molar-refractivity contribution in [3.05, 3.63) is 83.8 Å². The first kappa shape index (κ1) is 15.7. The molecule has 0 aliphatic rings. The van der Waals surface area contributed by atoms with Gasteiger partial charge < -0.3 is 10.6 Å². The van der Waals surface area contributed by atoms with Crippen LogP contribution in [0.3, 0.4) is 0 Å². The fraction of sp³-hybridized carbons (Fsp3) is 0.105. The summed E-state index contributed by atoms with van der Waals surface area (Å²) in [4.78, 5) is 20.5. The Labute approximate surface area is 140 Å². The second-order valence-corrected chi connectivity index (χ2v) is 5.39. The maximum atomic E-state index is 12.1. The molecular weight excluding hydrogens is 300 g/mol. The van der Waals surface area contributed by atoms with E-state index < -0.39 is 0 Å². The molecule has 3 rings (SSSR count). The standard InChI is InChI=1S/C19H18N4O/c1-14-7-5-6-8-15(14)11-21-18-13-20-17(12-22-18)19(24)23-16-9-3-2-4-10-16/h2-10,12-13H,11H2,1H3,(H,21,22)(H,23,24). The number of benzene rings is 2. The summed E-state index contributed by atoms with van der Waals surface area (Å²) in [7, 11) is 0. The lowest BCUT2D eigenvalue weighted by molar-refractivity contribution is 0.102. The third-order valence-corrected chi connectivity index (χ3v) is 3.64. The van der Waals surface area contributed by atoms with Crippen LogP contribution in [-0.4, -0.2) is 15.9 Å². The molecule has 24 heavy (non-hydrogen) atoms. The van der Waals surface area contributed by atoms with Crippen LogP contribution < -0.4 is 10.6 Å². The summed E-state index contributed by atoms with van der Waals surface area (Å²) in [5, 5.41) is 5.99. The van der Waals surface area contributed by atoms with Gasteiger partial charge in [-0.2, -0.15) is 0 Å². The van der Waals surface area contributed by atoms with Gasteiger partial charge in [-0.1, -0.05) is 42.5 Å². The molecule has 2 aromatic carbocycles. The quantitative estimate of drug-likeness (QED) is 0.753. The second-order valence-electron chi connectivity index (χ2n) is 5.39. The zero-order valence-electron chi connectivity index (χ0n) is 13.4. The topological polar surface area (TPSA) is 66.9 Å². The highest BCUT2D eigenvalue weighted by atomic mass is 16.1. The van der Waals surface area contributed by atoms with Crippen LogP contribution in [0.2, 0.25) is 0 Å². The van der Waals surface area contributed by atoms with Gasteiger partial charge in [-0.05, 0) is 30.2 Å². The van der Waals surface area contributed by atoms with Crippen molar-refractivity contribution in [2.45, 2.75) is 13.5 Å². The number of carbonyl (C=O) groups is 1. The number of amides is 1. The number of nitrogens with zero attached hydrogens (tertiary/aromatic N) is 2. The monoisotopic (exact) mass is 318 g/mol. The highest BCUT2D eigenvalue weighted by molar-refractivity contribution is 6.02. The molecule has 1 aromatic heterocycles. The zero-order chi connectivity index (χ0) is 16.8. The number of hydrogen-bond donors (Lipinski definition) is 2. The lowest BCUT2D eigenvalue weighted by atomic mass is 10.1. The summed E-state index contributed by atoms with van der Waals surface area (Å²) >= 11 is 0. The van der Waals surface area contributed by atoms with Crippen molar-refractivity contribution in [1.82, 2.24) is 9.97 Å². The molecule has 1 heterocycles. The van der Waals surface area contributed by atoms with E-state index in [1.165, 1.54) is 17.3 Å². The van der Waals surface area contributed by atoms with Gasteiger partial charge in [0.1, 0.15) is 11.5 Å². The average Bonchev–Trinajstić information content (AvgIpc) is 2.62. The van der Waals surface area contributed by atoms with Gasteiger partial charge in [0.2, 0.25) is 0 Å². The van der Waals surface area contributed by atoms with Crippen LogP contribution in [0.5, 0.6) is 0 Å². The van der Waals surface area contributed by atoms with Crippen LogP contribution in [-0.2, 0) is 6.54 Å². The molecule has 0 fully saturated rings. The lowest BCUT2D eigenvalue weighted by Crippen LogP contribution is -2.14. The molecule has 0 unspecified atom stereocenters. The molecule has 0 radical (unpaired) electrons. The van der Waals surface area contributed by atoms with E-state index in [2.05, 4.69) is 39.7 Å². The molecule has 0 spiro atoms. The molecule has 3 aromatic rings. The molecule has 120 valence electrons. The van der Waals surface area contributed by atoms with E-state index in [0.29, 0.717) is 12.4 Å². The van der Waals surface area contributed by atoms with Gasteiger partial charge in [0.25, 0.3) is 5.91 Å². The van der Waals surface area contributed by atoms with Crippen LogP contribution >= 0.6 is 0 Å². The molecule has 0 atom stereocenters. The molecule has 0 saturated heterocycles. The van der Waals surface area contributed by atoms with Crippen LogP contribution in [0.15, 0.2) is 67.0 Å². The first-order chi connectivity index (χ1) is 11.7. The fourth-order valence-electron chi connectivity index (χ4n) is 2.25. The summed E-state index contributed by atoms with van der Waals surface area (Å²) < 4.78 is 0. The summed E-state index contributed by atoms with van der Waals surface area (Å²) in [6.07, 6.45) is 3.04. The van der Waals surface area contributed by atoms with E-state index in [4.69, 9.17) is 0 Å². The van der Waals surface area contributed by atoms with Crippen molar-refractivity contribution >= 4 is 17.4 Å². The Hall–Kier alpha value is -3.21. The van der Waals surface area contributed by atoms with Gasteiger partial charge in [0.15, 0.2) is 0 Å². The van der Waals surface area contributed by atoms with E-state index >= 15 is 0 Å². The van der Waals surface area contributed by atoms with Gasteiger partial charge in [-0.15, -0.1) is 0 Å². The SMILES string of the molecule is Cc1ccccc1CNc1cnc(C(=O)Nc2ccccc2)cn1. The number of carbonyl (C=O) groups excluding carboxylic acids is 1. The van der Waals surface area contributed by atoms with Crippen molar-refractivity contribution in [3.8, 4) is 0 Å². The first-order valence-corrected chi connectivity index (χ1v) is 7.69. The summed E-state index contributed by atoms with van der Waals surface area (Å²) in [5.41, 5.74) is 3.42. The van der Waals surface area contributed by atoms with Crippen molar-refractivity contribution in [2.75, 3.05) is 10.6 Å². The third-order valence-electron chi connectivity index (χ3n) is 3.64. The van der Waals surface area contributed by atoms with E-state index in [9.17, 15) is 4.79 Å². The van der Waals surface area contributed by atoms with Crippen LogP contribution in [0.25, 0.3) is 0 Å². The van der Waals surface area contributed by atoms with Crippen molar-refractivity contribution in [1.29, 1.82) is 0 Å². The van der Waals surface area contributed by atoms with Gasteiger partial charge in [-0.3, -0.25) is 4.79 Å². The molecule has 1 amide bonds. The third kappa shape index (κ3) is 3.95. The number of nitrogens with one attached hydrogen (secondary N) is 2. The Bertz CT molecular complexity index is 816. The minimum absolute atomic E-state index is 0.278. The average molecular weight is 318 g/mol. The second kappa shape index (κ2) is 7.37. The molecule has 0 aliphatic carbocycles. The summed E-state index contributed by atoms with van der Waals surface area (Å²) in [6, 6.07) is 17.4. The number of para-hydroxylation sites is 1. The zero-order valence-corrected chi connectivity index (χ0v) is 13.4. The minimum Gasteiger partial charge on any atom is -0.365 e. The highest BCUT2D eigenvalue weighted by Gasteiger charge is 2.08. The van der Waals surface area contributed by atoms with Crippen molar-refractivity contribution in [3.63, 3.8) is 0 Å². The molecule has 0 aliphatic heterocycles. The highest BCUT2D eigenvalue weighted by Crippen LogP contribution is 2.11. The maximum Gasteiger partial charge on any atom is 0.275 e. The molecule has 0 saturated carbocycles. The fourth-order valence-corrected chi connectivity index (χ4v) is 2.25. The van der Waals surface area contributed by atoms with E-state index in [1.54, 1.807) is 6.20 Å². The van der Waals surface area contributed by atoms with Crippen LogP contribution in [0.4, 0.5) is 11.5 Å². The number of aryl methyl sites for hydroxylation is 1. The predicted molar refractivity (Wildman–Crippen MR) is 94.9 cm³/mol. The smallest absolute Gasteiger partial charge is 0.275 e. The van der Waals surface area contributed by atoms with E-state index in [1.807, 2.05) is 42.5 Å². The lowest BCUT2D eigenvalue weighted by Gasteiger charge is -2.08. The Balaban J connectivity index is 1.61. The molecule has 2 N–H and O–H groups in total. The first-order valence-electron chi connectivity index (χ1n) is 7.69. The number of rotatable bonds is 5. The van der Waals surface area contributed by atoms with E-state index in [-0.39, 0.29) is 11.6 Å². The maximum absolute atomic E-state index is 12.1. The predicted octanol–water partition coefficient (Wildman–Crippen LogP) is 3.65. The van der Waals surface area contributed by atoms with Crippen molar-refractivity contribution < 1.29 is 4.79 Å². The van der Waals surface area contributed by atoms with Crippen LogP contribution in [0, 0.1) is 6.92 Å². The molecule has 0 bridgehead atoms. The Morgan fingerprint density at radius 1 is 0.958 bits per heavy atom. The summed E-state index contributed by atoms with van der Waals surface area (Å²) in [6.45, 7) is 2.73. The normalized spacial score (nSPS) is 10.2. The van der Waals surface area contributed by atoms with Gasteiger partial charge >= 0.3 is 0 Å². The Morgan fingerprint density at radius 2 is 1.71 bits per heavy atom. The number of aromatic nitrogens is 2. The molecular formula is C19H18N4O. The molecule has 5 heteroatoms. The largest absolute Gasteiger partial charge is 0.365 e. The number of hydrogen-bond acceptors (Lipinski definition) is 4. The minimum atomic E-state index is -0.279. The van der Waals surface area contributed by atoms with Crippen molar-refractivity contribution in [2.24, 2.45) is 0 Å². The van der Waals surface area contributed by atoms with Gasteiger partial charge in [0.05, 0.1) is 12.4 Å². The molecule has 5 nitrogen and oxygen atoms in total. The van der Waals surface area contributed by atoms with Gasteiger partial charge in [-0.25, -0.2) is 9.97 Å². The van der Waals surface area contributed by atoms with Crippen LogP contribution in [0.1, 0.15) is 21.6 Å².